The van der Waals surface area contributed by atoms with Gasteiger partial charge in [-0.15, -0.1) is 0 Å². The second-order valence-corrected chi connectivity index (χ2v) is 5.24. The molecule has 5 nitrogen and oxygen atoms in total. The highest BCUT2D eigenvalue weighted by atomic mass is 79.9. The van der Waals surface area contributed by atoms with Crippen molar-refractivity contribution in [1.82, 2.24) is 0 Å². The number of Topliss-reactive ketones (excluding diaryl/α,β-unsaturated/α-hetero) is 1. The van der Waals surface area contributed by atoms with Gasteiger partial charge in [-0.2, -0.15) is 0 Å². The van der Waals surface area contributed by atoms with E-state index in [2.05, 4.69) is 15.9 Å². The minimum absolute atomic E-state index is 0.176. The van der Waals surface area contributed by atoms with Crippen molar-refractivity contribution in [3.8, 4) is 11.5 Å². The van der Waals surface area contributed by atoms with Crippen LogP contribution in [0.5, 0.6) is 11.5 Å². The van der Waals surface area contributed by atoms with Crippen LogP contribution in [-0.4, -0.2) is 38.8 Å². The standard InChI is InChI=1S/C13H16BrNO4/c1-17-9-4-3-8(11(18-2)10(9)14)12(16)13(15)5-6-19-7-13/h3-4H,5-7,15H2,1-2H3. The number of nitrogens with two attached hydrogens (primary N) is 1. The molecule has 0 saturated carbocycles. The minimum Gasteiger partial charge on any atom is -0.495 e. The summed E-state index contributed by atoms with van der Waals surface area (Å²) in [5, 5.41) is 0. The molecule has 1 atom stereocenters. The average molecular weight is 330 g/mol. The van der Waals surface area contributed by atoms with Crippen molar-refractivity contribution in [2.45, 2.75) is 12.0 Å². The Balaban J connectivity index is 2.45. The van der Waals surface area contributed by atoms with Gasteiger partial charge in [0.2, 0.25) is 0 Å². The van der Waals surface area contributed by atoms with E-state index in [1.807, 2.05) is 0 Å². The van der Waals surface area contributed by atoms with Gasteiger partial charge < -0.3 is 19.9 Å². The first-order valence-corrected chi connectivity index (χ1v) is 6.64. The molecule has 1 fully saturated rings. The molecule has 19 heavy (non-hydrogen) atoms. The van der Waals surface area contributed by atoms with Gasteiger partial charge in [-0.3, -0.25) is 4.79 Å². The Bertz CT molecular complexity index is 498. The quantitative estimate of drug-likeness (QED) is 0.852. The molecule has 1 aliphatic heterocycles. The summed E-state index contributed by atoms with van der Waals surface area (Å²) in [5.41, 5.74) is 5.56. The van der Waals surface area contributed by atoms with Crippen molar-refractivity contribution < 1.29 is 19.0 Å². The van der Waals surface area contributed by atoms with Crippen LogP contribution in [0.3, 0.4) is 0 Å². The maximum absolute atomic E-state index is 12.6. The average Bonchev–Trinajstić information content (AvgIpc) is 2.85. The van der Waals surface area contributed by atoms with Crippen LogP contribution >= 0.6 is 15.9 Å². The van der Waals surface area contributed by atoms with E-state index in [0.29, 0.717) is 34.6 Å². The Morgan fingerprint density at radius 3 is 2.68 bits per heavy atom. The van der Waals surface area contributed by atoms with Crippen LogP contribution < -0.4 is 15.2 Å². The molecule has 0 bridgehead atoms. The summed E-state index contributed by atoms with van der Waals surface area (Å²) < 4.78 is 16.3. The second kappa shape index (κ2) is 5.48. The van der Waals surface area contributed by atoms with Gasteiger partial charge in [0.05, 0.1) is 26.4 Å². The number of hydrogen-bond acceptors (Lipinski definition) is 5. The number of carbonyl (C=O) groups is 1. The van der Waals surface area contributed by atoms with Gasteiger partial charge in [-0.05, 0) is 34.5 Å². The van der Waals surface area contributed by atoms with Crippen LogP contribution in [0.15, 0.2) is 16.6 Å². The van der Waals surface area contributed by atoms with Crippen LogP contribution in [0, 0.1) is 0 Å². The largest absolute Gasteiger partial charge is 0.495 e. The maximum Gasteiger partial charge on any atom is 0.188 e. The van der Waals surface area contributed by atoms with Gasteiger partial charge in [0, 0.05) is 6.61 Å². The van der Waals surface area contributed by atoms with Crippen molar-refractivity contribution >= 4 is 21.7 Å². The van der Waals surface area contributed by atoms with Gasteiger partial charge in [-0.1, -0.05) is 0 Å². The van der Waals surface area contributed by atoms with Gasteiger partial charge in [0.1, 0.15) is 21.5 Å². The molecule has 2 N–H and O–H groups in total. The molecule has 0 spiro atoms. The molecule has 0 radical (unpaired) electrons. The molecule has 2 rings (SSSR count). The molecule has 6 heteroatoms. The summed E-state index contributed by atoms with van der Waals surface area (Å²) in [6.07, 6.45) is 0.513. The Labute approximate surface area is 120 Å². The number of carbonyl (C=O) groups excluding carboxylic acids is 1. The van der Waals surface area contributed by atoms with E-state index in [1.54, 1.807) is 19.2 Å². The fourth-order valence-electron chi connectivity index (χ4n) is 2.10. The molecule has 1 heterocycles. The predicted molar refractivity (Wildman–Crippen MR) is 73.9 cm³/mol. The van der Waals surface area contributed by atoms with Crippen LogP contribution in [-0.2, 0) is 4.74 Å². The Morgan fingerprint density at radius 2 is 2.16 bits per heavy atom. The lowest BCUT2D eigenvalue weighted by molar-refractivity contribution is 0.0859. The Hall–Kier alpha value is -1.11. The molecular weight excluding hydrogens is 314 g/mol. The Kier molecular flexibility index (Phi) is 4.13. The number of rotatable bonds is 4. The van der Waals surface area contributed by atoms with E-state index in [4.69, 9.17) is 19.9 Å². The summed E-state index contributed by atoms with van der Waals surface area (Å²) in [6, 6.07) is 3.37. The lowest BCUT2D eigenvalue weighted by Crippen LogP contribution is -2.48. The second-order valence-electron chi connectivity index (χ2n) is 4.45. The lowest BCUT2D eigenvalue weighted by Gasteiger charge is -2.22. The zero-order valence-corrected chi connectivity index (χ0v) is 12.5. The highest BCUT2D eigenvalue weighted by Gasteiger charge is 2.40. The molecule has 1 saturated heterocycles. The van der Waals surface area contributed by atoms with Crippen molar-refractivity contribution in [1.29, 1.82) is 0 Å². The van der Waals surface area contributed by atoms with E-state index in [1.165, 1.54) is 7.11 Å². The highest BCUT2D eigenvalue weighted by molar-refractivity contribution is 9.10. The van der Waals surface area contributed by atoms with Gasteiger partial charge in [0.15, 0.2) is 5.78 Å². The number of methoxy groups -OCH3 is 2. The molecule has 0 amide bonds. The molecule has 1 aliphatic rings. The molecule has 1 unspecified atom stereocenters. The number of halogens is 1. The monoisotopic (exact) mass is 329 g/mol. The minimum atomic E-state index is -0.971. The van der Waals surface area contributed by atoms with Crippen LogP contribution in [0.1, 0.15) is 16.8 Å². The summed E-state index contributed by atoms with van der Waals surface area (Å²) in [4.78, 5) is 12.6. The first kappa shape index (κ1) is 14.3. The molecule has 1 aromatic rings. The van der Waals surface area contributed by atoms with E-state index in [9.17, 15) is 4.79 Å². The molecule has 1 aromatic carbocycles. The molecular formula is C13H16BrNO4. The van der Waals surface area contributed by atoms with Gasteiger partial charge >= 0.3 is 0 Å². The summed E-state index contributed by atoms with van der Waals surface area (Å²) in [5.74, 6) is 0.855. The Morgan fingerprint density at radius 1 is 1.42 bits per heavy atom. The topological polar surface area (TPSA) is 70.8 Å². The number of ketones is 1. The third-order valence-corrected chi connectivity index (χ3v) is 3.99. The van der Waals surface area contributed by atoms with Crippen molar-refractivity contribution in [2.75, 3.05) is 27.4 Å². The third-order valence-electron chi connectivity index (χ3n) is 3.23. The smallest absolute Gasteiger partial charge is 0.188 e. The normalized spacial score (nSPS) is 22.3. The lowest BCUT2D eigenvalue weighted by atomic mass is 9.89. The van der Waals surface area contributed by atoms with E-state index >= 15 is 0 Å². The van der Waals surface area contributed by atoms with Gasteiger partial charge in [0.25, 0.3) is 0 Å². The predicted octanol–water partition coefficient (Wildman–Crippen LogP) is 1.77. The third kappa shape index (κ3) is 2.48. The SMILES string of the molecule is COc1ccc(C(=O)C2(N)CCOC2)c(OC)c1Br. The molecule has 0 aromatic heterocycles. The zero-order chi connectivity index (χ0) is 14.0. The highest BCUT2D eigenvalue weighted by Crippen LogP contribution is 2.38. The van der Waals surface area contributed by atoms with E-state index in [-0.39, 0.29) is 12.4 Å². The van der Waals surface area contributed by atoms with Gasteiger partial charge in [-0.25, -0.2) is 0 Å². The summed E-state index contributed by atoms with van der Waals surface area (Å²) >= 11 is 3.37. The van der Waals surface area contributed by atoms with Crippen LogP contribution in [0.25, 0.3) is 0 Å². The van der Waals surface area contributed by atoms with E-state index < -0.39 is 5.54 Å². The van der Waals surface area contributed by atoms with Crippen molar-refractivity contribution in [3.63, 3.8) is 0 Å². The first-order chi connectivity index (χ1) is 9.03. The fraction of sp³-hybridized carbons (Fsp3) is 0.462. The molecule has 104 valence electrons. The first-order valence-electron chi connectivity index (χ1n) is 5.85. The summed E-state index contributed by atoms with van der Waals surface area (Å²) in [7, 11) is 3.06. The summed E-state index contributed by atoms with van der Waals surface area (Å²) in [6.45, 7) is 0.737. The number of ether oxygens (including phenoxy) is 3. The van der Waals surface area contributed by atoms with E-state index in [0.717, 1.165) is 0 Å². The maximum atomic E-state index is 12.6. The van der Waals surface area contributed by atoms with Crippen molar-refractivity contribution in [2.24, 2.45) is 5.73 Å². The number of hydrogen-bond donors (Lipinski definition) is 1. The van der Waals surface area contributed by atoms with Crippen LogP contribution in [0.2, 0.25) is 0 Å². The molecule has 0 aliphatic carbocycles. The zero-order valence-electron chi connectivity index (χ0n) is 10.9. The van der Waals surface area contributed by atoms with Crippen LogP contribution in [0.4, 0.5) is 0 Å². The number of benzene rings is 1. The van der Waals surface area contributed by atoms with Crippen molar-refractivity contribution in [3.05, 3.63) is 22.2 Å². The fourth-order valence-corrected chi connectivity index (χ4v) is 2.77.